The van der Waals surface area contributed by atoms with Crippen molar-refractivity contribution in [2.45, 2.75) is 11.9 Å². The molecule has 2 rings (SSSR count). The minimum atomic E-state index is -3.75. The molecule has 0 bridgehead atoms. The van der Waals surface area contributed by atoms with E-state index in [9.17, 15) is 8.42 Å². The van der Waals surface area contributed by atoms with E-state index >= 15 is 0 Å². The average Bonchev–Trinajstić information content (AvgIpc) is 2.95. The molecule has 1 aromatic heterocycles. The monoisotopic (exact) mass is 295 g/mol. The Balaban J connectivity index is 2.39. The van der Waals surface area contributed by atoms with Crippen LogP contribution in [-0.4, -0.2) is 29.4 Å². The smallest absolute Gasteiger partial charge is 0.278 e. The minimum absolute atomic E-state index is 0.0499. The van der Waals surface area contributed by atoms with E-state index in [1.807, 2.05) is 0 Å². The molecule has 106 valence electrons. The maximum atomic E-state index is 12.1. The van der Waals surface area contributed by atoms with Crippen LogP contribution in [0.5, 0.6) is 0 Å². The summed E-state index contributed by atoms with van der Waals surface area (Å²) in [6.45, 7) is 1.74. The van der Waals surface area contributed by atoms with Crippen LogP contribution in [0.2, 0.25) is 0 Å². The van der Waals surface area contributed by atoms with Gasteiger partial charge < -0.3 is 15.9 Å². The Bertz CT molecular complexity index is 737. The van der Waals surface area contributed by atoms with Crippen molar-refractivity contribution in [3.05, 3.63) is 41.9 Å². The van der Waals surface area contributed by atoms with Crippen LogP contribution in [0.3, 0.4) is 0 Å². The van der Waals surface area contributed by atoms with Crippen molar-refractivity contribution in [3.8, 4) is 0 Å². The van der Waals surface area contributed by atoms with Gasteiger partial charge in [-0.2, -0.15) is 8.42 Å². The zero-order valence-corrected chi connectivity index (χ0v) is 11.3. The number of nitrogens with zero attached hydrogens (tertiary/aromatic N) is 2. The summed E-state index contributed by atoms with van der Waals surface area (Å²) < 4.78 is 26.6. The summed E-state index contributed by atoms with van der Waals surface area (Å²) in [4.78, 5) is 6.18. The molecule has 5 N–H and O–H groups in total. The van der Waals surface area contributed by atoms with E-state index in [2.05, 4.69) is 19.8 Å². The molecule has 0 saturated heterocycles. The van der Waals surface area contributed by atoms with Gasteiger partial charge >= 0.3 is 0 Å². The van der Waals surface area contributed by atoms with E-state index in [0.717, 1.165) is 0 Å². The molecule has 0 spiro atoms. The first-order valence-electron chi connectivity index (χ1n) is 5.54. The van der Waals surface area contributed by atoms with Gasteiger partial charge in [0.05, 0.1) is 18.2 Å². The van der Waals surface area contributed by atoms with E-state index in [1.54, 1.807) is 19.1 Å². The molecule has 0 unspecified atom stereocenters. The lowest BCUT2D eigenvalue weighted by Gasteiger charge is -2.10. The van der Waals surface area contributed by atoms with Gasteiger partial charge in [-0.15, -0.1) is 0 Å². The quantitative estimate of drug-likeness (QED) is 0.284. The highest BCUT2D eigenvalue weighted by Crippen LogP contribution is 2.20. The molecular formula is C11H13N5O3S. The van der Waals surface area contributed by atoms with Gasteiger partial charge in [-0.05, 0) is 18.6 Å². The predicted molar refractivity (Wildman–Crippen MR) is 73.1 cm³/mol. The number of hydrogen-bond donors (Lipinski definition) is 4. The highest BCUT2D eigenvalue weighted by atomic mass is 32.2. The van der Waals surface area contributed by atoms with Crippen molar-refractivity contribution in [2.24, 2.45) is 10.9 Å². The number of hydrogen-bond acceptors (Lipinski definition) is 5. The van der Waals surface area contributed by atoms with Crippen LogP contribution in [0.25, 0.3) is 0 Å². The molecule has 1 heterocycles. The Morgan fingerprint density at radius 1 is 1.50 bits per heavy atom. The van der Waals surface area contributed by atoms with Crippen LogP contribution in [0.1, 0.15) is 11.1 Å². The van der Waals surface area contributed by atoms with Gasteiger partial charge in [-0.1, -0.05) is 17.3 Å². The minimum Gasteiger partial charge on any atom is -0.409 e. The molecule has 0 amide bonds. The third-order valence-corrected chi connectivity index (χ3v) is 3.94. The van der Waals surface area contributed by atoms with Gasteiger partial charge in [0.1, 0.15) is 0 Å². The number of benzene rings is 1. The van der Waals surface area contributed by atoms with Crippen molar-refractivity contribution >= 4 is 21.5 Å². The van der Waals surface area contributed by atoms with Gasteiger partial charge in [0.15, 0.2) is 10.9 Å². The second-order valence-corrected chi connectivity index (χ2v) is 5.69. The molecule has 9 heteroatoms. The number of H-pyrrole nitrogens is 1. The number of sulfonamides is 1. The first-order chi connectivity index (χ1) is 9.44. The van der Waals surface area contributed by atoms with Crippen LogP contribution < -0.4 is 10.5 Å². The second kappa shape index (κ2) is 5.21. The first kappa shape index (κ1) is 13.9. The van der Waals surface area contributed by atoms with Gasteiger partial charge in [-0.3, -0.25) is 4.72 Å². The van der Waals surface area contributed by atoms with E-state index in [0.29, 0.717) is 16.8 Å². The number of amidine groups is 1. The number of nitrogens with one attached hydrogen (secondary N) is 2. The number of nitrogens with two attached hydrogens (primary N) is 1. The molecule has 2 aromatic rings. The summed E-state index contributed by atoms with van der Waals surface area (Å²) in [5, 5.41) is 11.5. The average molecular weight is 295 g/mol. The van der Waals surface area contributed by atoms with Crippen LogP contribution in [-0.2, 0) is 10.0 Å². The van der Waals surface area contributed by atoms with Crippen molar-refractivity contribution in [1.29, 1.82) is 0 Å². The van der Waals surface area contributed by atoms with E-state index in [4.69, 9.17) is 10.9 Å². The number of imidazole rings is 1. The maximum absolute atomic E-state index is 12.1. The lowest BCUT2D eigenvalue weighted by molar-refractivity contribution is 0.318. The van der Waals surface area contributed by atoms with Crippen molar-refractivity contribution < 1.29 is 13.6 Å². The molecule has 8 nitrogen and oxygen atoms in total. The highest BCUT2D eigenvalue weighted by Gasteiger charge is 2.17. The zero-order valence-electron chi connectivity index (χ0n) is 10.5. The number of aromatic nitrogens is 2. The number of aromatic amines is 1. The molecule has 0 aliphatic carbocycles. The van der Waals surface area contributed by atoms with Gasteiger partial charge in [0, 0.05) is 5.56 Å². The molecule has 20 heavy (non-hydrogen) atoms. The van der Waals surface area contributed by atoms with Crippen LogP contribution in [0.15, 0.2) is 40.9 Å². The van der Waals surface area contributed by atoms with Crippen molar-refractivity contribution in [1.82, 2.24) is 9.97 Å². The third kappa shape index (κ3) is 2.72. The summed E-state index contributed by atoms with van der Waals surface area (Å²) in [5.41, 5.74) is 6.91. The number of rotatable bonds is 4. The fourth-order valence-corrected chi connectivity index (χ4v) is 2.57. The molecule has 0 atom stereocenters. The Morgan fingerprint density at radius 2 is 2.25 bits per heavy atom. The summed E-state index contributed by atoms with van der Waals surface area (Å²) in [5.74, 6) is -0.105. The normalized spacial score (nSPS) is 12.3. The number of aryl methyl sites for hydroxylation is 1. The lowest BCUT2D eigenvalue weighted by atomic mass is 10.1. The molecule has 1 aromatic carbocycles. The SMILES string of the molecule is Cc1ccc(C(N)=NO)cc1NS(=O)(=O)c1cnc[nH]1. The summed E-state index contributed by atoms with van der Waals surface area (Å²) >= 11 is 0. The molecular weight excluding hydrogens is 282 g/mol. The predicted octanol–water partition coefficient (Wildman–Crippen LogP) is 0.613. The zero-order chi connectivity index (χ0) is 14.8. The number of anilines is 1. The van der Waals surface area contributed by atoms with E-state index < -0.39 is 10.0 Å². The second-order valence-electron chi connectivity index (χ2n) is 4.04. The first-order valence-corrected chi connectivity index (χ1v) is 7.02. The topological polar surface area (TPSA) is 133 Å². The summed E-state index contributed by atoms with van der Waals surface area (Å²) in [7, 11) is -3.75. The summed E-state index contributed by atoms with van der Waals surface area (Å²) in [6, 6.07) is 4.77. The Morgan fingerprint density at radius 3 is 2.85 bits per heavy atom. The maximum Gasteiger partial charge on any atom is 0.278 e. The fourth-order valence-electron chi connectivity index (χ4n) is 1.54. The van der Waals surface area contributed by atoms with Gasteiger partial charge in [-0.25, -0.2) is 4.98 Å². The van der Waals surface area contributed by atoms with Gasteiger partial charge in [0.25, 0.3) is 10.0 Å². The number of oxime groups is 1. The Hall–Kier alpha value is -2.55. The van der Waals surface area contributed by atoms with E-state index in [1.165, 1.54) is 18.6 Å². The Labute approximate surface area is 115 Å². The standard InChI is InChI=1S/C11H13N5O3S/c1-7-2-3-8(11(12)15-17)4-9(7)16-20(18,19)10-5-13-6-14-10/h2-6,16-17H,1H3,(H2,12,15)(H,13,14). The lowest BCUT2D eigenvalue weighted by Crippen LogP contribution is -2.16. The van der Waals surface area contributed by atoms with Crippen molar-refractivity contribution in [2.75, 3.05) is 4.72 Å². The molecule has 0 saturated carbocycles. The van der Waals surface area contributed by atoms with Crippen LogP contribution >= 0.6 is 0 Å². The molecule has 0 aliphatic rings. The molecule has 0 radical (unpaired) electrons. The molecule has 0 aliphatic heterocycles. The van der Waals surface area contributed by atoms with Crippen LogP contribution in [0.4, 0.5) is 5.69 Å². The van der Waals surface area contributed by atoms with Crippen molar-refractivity contribution in [3.63, 3.8) is 0 Å². The molecule has 0 fully saturated rings. The highest BCUT2D eigenvalue weighted by molar-refractivity contribution is 7.92. The van der Waals surface area contributed by atoms with Gasteiger partial charge in [0.2, 0.25) is 0 Å². The summed E-state index contributed by atoms with van der Waals surface area (Å²) in [6.07, 6.45) is 2.47. The van der Waals surface area contributed by atoms with E-state index in [-0.39, 0.29) is 10.9 Å². The fraction of sp³-hybridized carbons (Fsp3) is 0.0909. The Kier molecular flexibility index (Phi) is 3.61. The van der Waals surface area contributed by atoms with Crippen LogP contribution in [0, 0.1) is 6.92 Å². The third-order valence-electron chi connectivity index (χ3n) is 2.65. The largest absolute Gasteiger partial charge is 0.409 e.